The monoisotopic (exact) mass is 275 g/mol. The van der Waals surface area contributed by atoms with Crippen LogP contribution in [0.2, 0.25) is 0 Å². The van der Waals surface area contributed by atoms with Crippen molar-refractivity contribution < 1.29 is 9.92 Å². The minimum Gasteiger partial charge on any atom is -0.312 e. The molecule has 0 saturated heterocycles. The van der Waals surface area contributed by atoms with Crippen molar-refractivity contribution in [3.05, 3.63) is 10.1 Å². The highest BCUT2D eigenvalue weighted by atomic mass is 79.9. The molecule has 0 fully saturated rings. The molecule has 0 aromatic rings. The van der Waals surface area contributed by atoms with Crippen molar-refractivity contribution in [2.24, 2.45) is 0 Å². The number of hydrogen-bond acceptors (Lipinski definition) is 3. The second kappa shape index (κ2) is 4.12. The van der Waals surface area contributed by atoms with Crippen LogP contribution in [0.25, 0.3) is 0 Å². The van der Waals surface area contributed by atoms with Gasteiger partial charge >= 0.3 is 0 Å². The van der Waals surface area contributed by atoms with Gasteiger partial charge in [-0.25, -0.2) is 0 Å². The average molecular weight is 277 g/mol. The van der Waals surface area contributed by atoms with Crippen LogP contribution in [0.3, 0.4) is 0 Å². The molecule has 60 valence electrons. The Bertz CT molecular complexity index is 128. The third-order valence-electron chi connectivity index (χ3n) is 0.750. The zero-order chi connectivity index (χ0) is 8.20. The van der Waals surface area contributed by atoms with Crippen LogP contribution >= 0.6 is 31.9 Å². The van der Waals surface area contributed by atoms with E-state index >= 15 is 0 Å². The molecule has 0 aromatic carbocycles. The minimum absolute atomic E-state index is 0.0469. The van der Waals surface area contributed by atoms with E-state index in [1.54, 1.807) is 6.92 Å². The molecule has 6 heteroatoms. The summed E-state index contributed by atoms with van der Waals surface area (Å²) in [6.07, 6.45) is 0. The maximum Gasteiger partial charge on any atom is 0.294 e. The van der Waals surface area contributed by atoms with E-state index in [1.165, 1.54) is 0 Å². The first kappa shape index (κ1) is 10.2. The molecule has 1 unspecified atom stereocenters. The molecule has 0 spiro atoms. The zero-order valence-corrected chi connectivity index (χ0v) is 8.51. The number of rotatable bonds is 4. The van der Waals surface area contributed by atoms with Crippen molar-refractivity contribution in [1.82, 2.24) is 0 Å². The first-order valence-electron chi connectivity index (χ1n) is 2.50. The van der Waals surface area contributed by atoms with Crippen molar-refractivity contribution in [1.29, 1.82) is 0 Å². The molecule has 10 heavy (non-hydrogen) atoms. The number of halogens is 2. The smallest absolute Gasteiger partial charge is 0.294 e. The summed E-state index contributed by atoms with van der Waals surface area (Å²) in [6.45, 7) is 1.84. The van der Waals surface area contributed by atoms with Crippen molar-refractivity contribution in [3.8, 4) is 0 Å². The highest BCUT2D eigenvalue weighted by molar-refractivity contribution is 9.12. The third kappa shape index (κ3) is 4.99. The molecule has 4 nitrogen and oxygen atoms in total. The van der Waals surface area contributed by atoms with Gasteiger partial charge in [0.05, 0.1) is 4.32 Å². The number of nitrogens with zero attached hydrogens (tertiary/aromatic N) is 1. The van der Waals surface area contributed by atoms with Gasteiger partial charge in [-0.1, -0.05) is 31.9 Å². The van der Waals surface area contributed by atoms with Crippen molar-refractivity contribution in [2.45, 2.75) is 11.2 Å². The van der Waals surface area contributed by atoms with E-state index < -0.39 is 5.09 Å². The van der Waals surface area contributed by atoms with E-state index in [0.717, 1.165) is 0 Å². The Balaban J connectivity index is 3.56. The maximum atomic E-state index is 9.71. The summed E-state index contributed by atoms with van der Waals surface area (Å²) >= 11 is 6.40. The van der Waals surface area contributed by atoms with E-state index in [0.29, 0.717) is 5.33 Å². The zero-order valence-electron chi connectivity index (χ0n) is 5.34. The van der Waals surface area contributed by atoms with E-state index in [4.69, 9.17) is 0 Å². The topological polar surface area (TPSA) is 52.4 Å². The Morgan fingerprint density at radius 1 is 1.80 bits per heavy atom. The Hall–Kier alpha value is 0.160. The summed E-state index contributed by atoms with van der Waals surface area (Å²) in [5, 5.41) is 9.51. The maximum absolute atomic E-state index is 9.71. The summed E-state index contributed by atoms with van der Waals surface area (Å²) in [5.41, 5.74) is 0. The summed E-state index contributed by atoms with van der Waals surface area (Å²) < 4.78 is -0.361. The van der Waals surface area contributed by atoms with Crippen LogP contribution in [0.5, 0.6) is 0 Å². The van der Waals surface area contributed by atoms with Gasteiger partial charge in [0.2, 0.25) is 0 Å². The van der Waals surface area contributed by atoms with E-state index in [-0.39, 0.29) is 10.9 Å². The van der Waals surface area contributed by atoms with Crippen LogP contribution in [-0.2, 0) is 4.84 Å². The molecule has 0 bridgehead atoms. The molecule has 0 aliphatic carbocycles. The van der Waals surface area contributed by atoms with Gasteiger partial charge in [0.15, 0.2) is 0 Å². The van der Waals surface area contributed by atoms with Crippen molar-refractivity contribution >= 4 is 31.9 Å². The van der Waals surface area contributed by atoms with Crippen LogP contribution in [0.15, 0.2) is 0 Å². The molecule has 0 heterocycles. The lowest BCUT2D eigenvalue weighted by atomic mass is 10.2. The molecule has 0 aromatic heterocycles. The third-order valence-corrected chi connectivity index (χ3v) is 3.25. The lowest BCUT2D eigenvalue weighted by Gasteiger charge is -2.16. The van der Waals surface area contributed by atoms with Crippen LogP contribution in [-0.4, -0.2) is 21.3 Å². The summed E-state index contributed by atoms with van der Waals surface area (Å²) in [4.78, 5) is 13.9. The van der Waals surface area contributed by atoms with E-state index in [1.807, 2.05) is 0 Å². The minimum atomic E-state index is -0.803. The lowest BCUT2D eigenvalue weighted by Crippen LogP contribution is -2.26. The quantitative estimate of drug-likeness (QED) is 0.447. The standard InChI is InChI=1S/C4H7Br2NO3/c1-4(6,2-5)3-10-7(8)9/h2-3H2,1H3. The Morgan fingerprint density at radius 2 is 2.30 bits per heavy atom. The summed E-state index contributed by atoms with van der Waals surface area (Å²) in [5.74, 6) is 0. The number of hydrogen-bond donors (Lipinski definition) is 0. The van der Waals surface area contributed by atoms with Crippen LogP contribution in [0.4, 0.5) is 0 Å². The molecule has 0 amide bonds. The van der Waals surface area contributed by atoms with Gasteiger partial charge in [-0.15, -0.1) is 10.1 Å². The normalized spacial score (nSPS) is 15.9. The Kier molecular flexibility index (Phi) is 4.19. The fraction of sp³-hybridized carbons (Fsp3) is 1.00. The molecule has 0 saturated carbocycles. The molecule has 0 aliphatic rings. The average Bonchev–Trinajstić information content (AvgIpc) is 1.85. The Morgan fingerprint density at radius 3 is 2.60 bits per heavy atom. The number of alkyl halides is 2. The Labute approximate surface area is 75.3 Å². The summed E-state index contributed by atoms with van der Waals surface area (Å²) in [6, 6.07) is 0. The van der Waals surface area contributed by atoms with Gasteiger partial charge in [-0.05, 0) is 6.92 Å². The van der Waals surface area contributed by atoms with Gasteiger partial charge in [0.25, 0.3) is 5.09 Å². The molecule has 0 N–H and O–H groups in total. The highest BCUT2D eigenvalue weighted by Gasteiger charge is 2.20. The molecular weight excluding hydrogens is 270 g/mol. The highest BCUT2D eigenvalue weighted by Crippen LogP contribution is 2.19. The summed E-state index contributed by atoms with van der Waals surface area (Å²) in [7, 11) is 0. The van der Waals surface area contributed by atoms with E-state index in [9.17, 15) is 10.1 Å². The van der Waals surface area contributed by atoms with Gasteiger partial charge in [0.1, 0.15) is 6.61 Å². The van der Waals surface area contributed by atoms with Crippen LogP contribution in [0, 0.1) is 10.1 Å². The van der Waals surface area contributed by atoms with Gasteiger partial charge in [0, 0.05) is 5.33 Å². The van der Waals surface area contributed by atoms with Crippen LogP contribution in [0.1, 0.15) is 6.92 Å². The second-order valence-electron chi connectivity index (χ2n) is 2.04. The van der Waals surface area contributed by atoms with Gasteiger partial charge in [-0.2, -0.15) is 0 Å². The predicted molar refractivity (Wildman–Crippen MR) is 44.1 cm³/mol. The van der Waals surface area contributed by atoms with Gasteiger partial charge in [-0.3, -0.25) is 0 Å². The first-order valence-corrected chi connectivity index (χ1v) is 4.41. The van der Waals surface area contributed by atoms with Crippen molar-refractivity contribution in [3.63, 3.8) is 0 Å². The van der Waals surface area contributed by atoms with Crippen molar-refractivity contribution in [2.75, 3.05) is 11.9 Å². The molecular formula is C4H7Br2NO3. The van der Waals surface area contributed by atoms with Crippen LogP contribution < -0.4 is 0 Å². The van der Waals surface area contributed by atoms with E-state index in [2.05, 4.69) is 36.7 Å². The molecule has 0 rings (SSSR count). The SMILES string of the molecule is CC(Br)(CBr)CO[N+](=O)[O-]. The fourth-order valence-electron chi connectivity index (χ4n) is 0.226. The second-order valence-corrected chi connectivity index (χ2v) is 4.52. The van der Waals surface area contributed by atoms with Gasteiger partial charge < -0.3 is 4.84 Å². The fourth-order valence-corrected chi connectivity index (χ4v) is 0.490. The molecule has 0 radical (unpaired) electrons. The lowest BCUT2D eigenvalue weighted by molar-refractivity contribution is -0.758. The first-order chi connectivity index (χ1) is 4.48. The largest absolute Gasteiger partial charge is 0.312 e. The molecule has 1 atom stereocenters. The molecule has 0 aliphatic heterocycles. The predicted octanol–water partition coefficient (Wildman–Crippen LogP) is 1.74.